The molecule has 2 aromatic heterocycles. The fourth-order valence-corrected chi connectivity index (χ4v) is 8.43. The second kappa shape index (κ2) is 16.7. The van der Waals surface area contributed by atoms with Crippen molar-refractivity contribution in [2.45, 2.75) is 77.5 Å². The molecule has 2 saturated heterocycles. The molecule has 2 aliphatic heterocycles. The van der Waals surface area contributed by atoms with Gasteiger partial charge in [-0.05, 0) is 71.6 Å². The topological polar surface area (TPSA) is 177 Å². The van der Waals surface area contributed by atoms with Crippen LogP contribution in [0.2, 0.25) is 0 Å². The lowest BCUT2D eigenvalue weighted by molar-refractivity contribution is -0.138. The van der Waals surface area contributed by atoms with Gasteiger partial charge < -0.3 is 34.9 Å². The third-order valence-corrected chi connectivity index (χ3v) is 11.6. The molecule has 5 aromatic rings. The number of ether oxygens (including phenoxy) is 1. The van der Waals surface area contributed by atoms with E-state index in [-0.39, 0.29) is 35.7 Å². The number of alkyl carbamates (subject to hydrolysis) is 1. The minimum Gasteiger partial charge on any atom is -0.465 e. The van der Waals surface area contributed by atoms with Crippen molar-refractivity contribution in [3.63, 3.8) is 0 Å². The Labute approximate surface area is 338 Å². The van der Waals surface area contributed by atoms with Gasteiger partial charge in [0.1, 0.15) is 23.7 Å². The van der Waals surface area contributed by atoms with Gasteiger partial charge in [-0.15, -0.1) is 0 Å². The molecular weight excluding hydrogens is 737 g/mol. The lowest BCUT2D eigenvalue weighted by Crippen LogP contribution is -2.51. The molecule has 0 saturated carbocycles. The molecule has 4 amide bonds. The van der Waals surface area contributed by atoms with Crippen molar-refractivity contribution in [2.24, 2.45) is 11.8 Å². The average Bonchev–Trinajstić information content (AvgIpc) is 4.06. The van der Waals surface area contributed by atoms with Gasteiger partial charge in [-0.25, -0.2) is 19.6 Å². The number of fused-ring (bicyclic) bond motifs is 1. The predicted molar refractivity (Wildman–Crippen MR) is 221 cm³/mol. The number of aromatic amines is 2. The zero-order valence-electron chi connectivity index (χ0n) is 33.9. The zero-order chi connectivity index (χ0) is 41.2. The van der Waals surface area contributed by atoms with Crippen LogP contribution in [-0.2, 0) is 14.3 Å². The molecule has 4 atom stereocenters. The first-order chi connectivity index (χ1) is 27.8. The highest BCUT2D eigenvalue weighted by Crippen LogP contribution is 2.36. The number of amides is 4. The summed E-state index contributed by atoms with van der Waals surface area (Å²) >= 11 is 0. The van der Waals surface area contributed by atoms with Gasteiger partial charge in [0.05, 0.1) is 36.8 Å². The van der Waals surface area contributed by atoms with Crippen LogP contribution in [0.3, 0.4) is 0 Å². The number of aromatic nitrogens is 4. The van der Waals surface area contributed by atoms with Gasteiger partial charge in [-0.1, -0.05) is 76.2 Å². The third kappa shape index (κ3) is 8.00. The Balaban J connectivity index is 1.03. The number of benzene rings is 3. The molecule has 3 aromatic carbocycles. The number of likely N-dealkylation sites (tertiary alicyclic amines) is 2. The number of carbonyl (C=O) groups excluding carboxylic acids is 3. The molecule has 0 bridgehead atoms. The molecule has 14 nitrogen and oxygen atoms in total. The molecule has 0 spiro atoms. The summed E-state index contributed by atoms with van der Waals surface area (Å²) in [7, 11) is 2.74. The Morgan fingerprint density at radius 3 is 2.02 bits per heavy atom. The number of nitrogens with zero attached hydrogens (tertiary/aromatic N) is 5. The molecule has 14 heteroatoms. The summed E-state index contributed by atoms with van der Waals surface area (Å²) in [6, 6.07) is 19.0. The molecule has 0 radical (unpaired) electrons. The molecule has 58 heavy (non-hydrogen) atoms. The van der Waals surface area contributed by atoms with Crippen molar-refractivity contribution in [3.8, 4) is 33.6 Å². The van der Waals surface area contributed by atoms with Gasteiger partial charge >= 0.3 is 12.2 Å². The van der Waals surface area contributed by atoms with Gasteiger partial charge in [0.15, 0.2) is 0 Å². The fourth-order valence-electron chi connectivity index (χ4n) is 8.43. The highest BCUT2D eigenvalue weighted by atomic mass is 16.5. The summed E-state index contributed by atoms with van der Waals surface area (Å²) in [4.78, 5) is 72.0. The van der Waals surface area contributed by atoms with Crippen LogP contribution >= 0.6 is 0 Å². The van der Waals surface area contributed by atoms with E-state index >= 15 is 0 Å². The Morgan fingerprint density at radius 1 is 0.810 bits per heavy atom. The predicted octanol–water partition coefficient (Wildman–Crippen LogP) is 7.63. The van der Waals surface area contributed by atoms with E-state index < -0.39 is 24.3 Å². The molecule has 0 unspecified atom stereocenters. The van der Waals surface area contributed by atoms with E-state index in [0.717, 1.165) is 80.8 Å². The molecule has 4 N–H and O–H groups in total. The number of H-pyrrole nitrogens is 2. The van der Waals surface area contributed by atoms with Crippen molar-refractivity contribution in [3.05, 3.63) is 84.7 Å². The highest BCUT2D eigenvalue weighted by Gasteiger charge is 2.40. The summed E-state index contributed by atoms with van der Waals surface area (Å²) in [5.41, 5.74) is 5.72. The van der Waals surface area contributed by atoms with Crippen molar-refractivity contribution in [1.29, 1.82) is 0 Å². The van der Waals surface area contributed by atoms with Crippen molar-refractivity contribution in [2.75, 3.05) is 27.2 Å². The normalized spacial score (nSPS) is 17.9. The minimum absolute atomic E-state index is 0.107. The van der Waals surface area contributed by atoms with Crippen LogP contribution in [0.5, 0.6) is 0 Å². The number of carboxylic acid groups (broad SMARTS) is 1. The number of methoxy groups -OCH3 is 1. The third-order valence-electron chi connectivity index (χ3n) is 11.6. The number of carbonyl (C=O) groups is 4. The van der Waals surface area contributed by atoms with E-state index in [4.69, 9.17) is 14.7 Å². The number of nitrogens with one attached hydrogen (secondary N) is 3. The van der Waals surface area contributed by atoms with E-state index in [2.05, 4.69) is 75.9 Å². The van der Waals surface area contributed by atoms with Gasteiger partial charge in [0.25, 0.3) is 0 Å². The van der Waals surface area contributed by atoms with Crippen LogP contribution < -0.4 is 5.32 Å². The van der Waals surface area contributed by atoms with Crippen molar-refractivity contribution in [1.82, 2.24) is 40.0 Å². The lowest BCUT2D eigenvalue weighted by atomic mass is 9.98. The molecule has 4 heterocycles. The largest absolute Gasteiger partial charge is 0.465 e. The maximum Gasteiger partial charge on any atom is 0.407 e. The van der Waals surface area contributed by atoms with Gasteiger partial charge in [-0.3, -0.25) is 14.5 Å². The maximum absolute atomic E-state index is 13.6. The first-order valence-electron chi connectivity index (χ1n) is 20.0. The summed E-state index contributed by atoms with van der Waals surface area (Å²) in [6.45, 7) is 8.68. The minimum atomic E-state index is -1.12. The van der Waals surface area contributed by atoms with Crippen LogP contribution in [0.15, 0.2) is 73.1 Å². The maximum atomic E-state index is 13.6. The molecule has 2 fully saturated rings. The fraction of sp³-hybridized carbons (Fsp3) is 0.409. The summed E-state index contributed by atoms with van der Waals surface area (Å²) in [5, 5.41) is 14.5. The van der Waals surface area contributed by atoms with E-state index in [9.17, 15) is 24.3 Å². The Hall–Kier alpha value is -6.18. The Kier molecular flexibility index (Phi) is 11.6. The quantitative estimate of drug-likeness (QED) is 0.106. The van der Waals surface area contributed by atoms with Gasteiger partial charge in [0, 0.05) is 37.5 Å². The molecular formula is C44H52N8O6. The van der Waals surface area contributed by atoms with Crippen molar-refractivity contribution >= 4 is 34.8 Å². The Bertz CT molecular complexity index is 2300. The highest BCUT2D eigenvalue weighted by molar-refractivity contribution is 5.91. The number of hydrogen-bond donors (Lipinski definition) is 4. The number of imidazole rings is 2. The Morgan fingerprint density at radius 2 is 1.40 bits per heavy atom. The van der Waals surface area contributed by atoms with Crippen molar-refractivity contribution < 1.29 is 29.0 Å². The van der Waals surface area contributed by atoms with Gasteiger partial charge in [0.2, 0.25) is 11.8 Å². The average molecular weight is 789 g/mol. The number of hydrogen-bond acceptors (Lipinski definition) is 7. The van der Waals surface area contributed by atoms with Crippen LogP contribution in [-0.4, -0.2) is 103 Å². The van der Waals surface area contributed by atoms with Crippen LogP contribution in [0.4, 0.5) is 9.59 Å². The SMILES string of the molecule is COC(=O)N[C@H](C(=O)N1CCC[C@H]1c1nc(-c2ccc(-c3ccc4cc(-c5cnc([C@@H]6CCCN6C(=O)[C@H](C(C)C)N(C)C(=O)O)[nH]5)ccc4c3)cc2)c[nH]1)C(C)C. The van der Waals surface area contributed by atoms with E-state index in [1.165, 1.54) is 14.2 Å². The van der Waals surface area contributed by atoms with Crippen LogP contribution in [0.1, 0.15) is 77.1 Å². The van der Waals surface area contributed by atoms with Crippen LogP contribution in [0.25, 0.3) is 44.4 Å². The van der Waals surface area contributed by atoms with E-state index in [0.29, 0.717) is 18.9 Å². The smallest absolute Gasteiger partial charge is 0.407 e. The van der Waals surface area contributed by atoms with E-state index in [1.807, 2.05) is 38.8 Å². The van der Waals surface area contributed by atoms with Gasteiger partial charge in [-0.2, -0.15) is 0 Å². The number of rotatable bonds is 11. The first kappa shape index (κ1) is 40.0. The molecule has 2 aliphatic rings. The molecule has 304 valence electrons. The standard InChI is InChI=1S/C44H52N8O6/c1-25(2)37(49-43(55)58-6)41(53)51-19-7-9-35(51)39-45-23-33(47-39)28-13-11-27(12-14-28)29-15-16-31-22-32(18-17-30(31)21-29)34-24-46-40(48-34)36-10-8-20-52(36)42(54)38(26(3)4)50(5)44(56)57/h11-18,21-26,35-38H,7-10,19-20H2,1-6H3,(H,45,47)(H,46,48)(H,49,55)(H,56,57)/t35-,36-,37-,38-/m0/s1. The summed E-state index contributed by atoms with van der Waals surface area (Å²) in [6.07, 6.45) is 5.13. The van der Waals surface area contributed by atoms with Crippen LogP contribution in [0, 0.1) is 11.8 Å². The second-order valence-corrected chi connectivity index (χ2v) is 16.0. The molecule has 0 aliphatic carbocycles. The molecule has 7 rings (SSSR count). The number of likely N-dealkylation sites (N-methyl/N-ethyl adjacent to an activating group) is 1. The van der Waals surface area contributed by atoms with E-state index in [1.54, 1.807) is 11.1 Å². The summed E-state index contributed by atoms with van der Waals surface area (Å²) in [5.74, 6) is 0.811. The second-order valence-electron chi connectivity index (χ2n) is 16.0. The lowest BCUT2D eigenvalue weighted by Gasteiger charge is -2.33. The zero-order valence-corrected chi connectivity index (χ0v) is 33.9. The first-order valence-corrected chi connectivity index (χ1v) is 20.0. The summed E-state index contributed by atoms with van der Waals surface area (Å²) < 4.78 is 4.76. The monoisotopic (exact) mass is 788 g/mol.